The van der Waals surface area contributed by atoms with E-state index in [0.29, 0.717) is 5.92 Å². The Morgan fingerprint density at radius 3 is 3.00 bits per heavy atom. The van der Waals surface area contributed by atoms with E-state index in [1.54, 1.807) is 0 Å². The number of aromatic nitrogens is 2. The second-order valence-corrected chi connectivity index (χ2v) is 5.93. The standard InChI is InChI=1S/C16H23N3O/c1-12-8-15(12)16-6-5-14(20-16)10-17-7-3-4-13-9-18-19(2)11-13/h5-6,9,11-12,15,17H,3-4,7-8,10H2,1-2H3. The van der Waals surface area contributed by atoms with Gasteiger partial charge in [-0.3, -0.25) is 4.68 Å². The third-order valence-electron chi connectivity index (χ3n) is 4.03. The molecule has 0 spiro atoms. The summed E-state index contributed by atoms with van der Waals surface area (Å²) < 4.78 is 7.72. The first-order chi connectivity index (χ1) is 9.72. The van der Waals surface area contributed by atoms with Crippen molar-refractivity contribution in [1.29, 1.82) is 0 Å². The van der Waals surface area contributed by atoms with Gasteiger partial charge >= 0.3 is 0 Å². The van der Waals surface area contributed by atoms with E-state index in [1.807, 2.05) is 17.9 Å². The molecule has 1 N–H and O–H groups in total. The van der Waals surface area contributed by atoms with Crippen LogP contribution in [0.1, 0.15) is 42.8 Å². The number of furan rings is 1. The molecule has 0 amide bonds. The second-order valence-electron chi connectivity index (χ2n) is 5.93. The van der Waals surface area contributed by atoms with E-state index >= 15 is 0 Å². The maximum absolute atomic E-state index is 5.87. The second kappa shape index (κ2) is 5.83. The highest BCUT2D eigenvalue weighted by molar-refractivity contribution is 5.17. The molecule has 0 saturated heterocycles. The molecule has 4 nitrogen and oxygen atoms in total. The van der Waals surface area contributed by atoms with Gasteiger partial charge in [-0.25, -0.2) is 0 Å². The van der Waals surface area contributed by atoms with Crippen LogP contribution in [0.25, 0.3) is 0 Å². The van der Waals surface area contributed by atoms with Crippen LogP contribution in [0.5, 0.6) is 0 Å². The first-order valence-corrected chi connectivity index (χ1v) is 7.49. The summed E-state index contributed by atoms with van der Waals surface area (Å²) in [5.41, 5.74) is 1.30. The molecule has 2 aromatic rings. The predicted molar refractivity (Wildman–Crippen MR) is 78.5 cm³/mol. The van der Waals surface area contributed by atoms with Crippen LogP contribution < -0.4 is 5.32 Å². The molecule has 0 bridgehead atoms. The lowest BCUT2D eigenvalue weighted by atomic mass is 10.2. The van der Waals surface area contributed by atoms with Crippen molar-refractivity contribution >= 4 is 0 Å². The van der Waals surface area contributed by atoms with E-state index in [1.165, 1.54) is 17.7 Å². The van der Waals surface area contributed by atoms with Gasteiger partial charge in [-0.05, 0) is 49.4 Å². The summed E-state index contributed by atoms with van der Waals surface area (Å²) >= 11 is 0. The number of hydrogen-bond donors (Lipinski definition) is 1. The van der Waals surface area contributed by atoms with Gasteiger partial charge < -0.3 is 9.73 Å². The van der Waals surface area contributed by atoms with Gasteiger partial charge in [-0.15, -0.1) is 0 Å². The molecule has 2 atom stereocenters. The van der Waals surface area contributed by atoms with Gasteiger partial charge in [0.2, 0.25) is 0 Å². The SMILES string of the molecule is CC1CC1c1ccc(CNCCCc2cnn(C)c2)o1. The van der Waals surface area contributed by atoms with Crippen LogP contribution in [0, 0.1) is 5.92 Å². The summed E-state index contributed by atoms with van der Waals surface area (Å²) in [6.45, 7) is 4.11. The first kappa shape index (κ1) is 13.4. The minimum absolute atomic E-state index is 0.675. The Hall–Kier alpha value is -1.55. The topological polar surface area (TPSA) is 43.0 Å². The largest absolute Gasteiger partial charge is 0.464 e. The molecule has 2 aromatic heterocycles. The number of rotatable bonds is 7. The molecule has 1 aliphatic rings. The zero-order chi connectivity index (χ0) is 13.9. The zero-order valence-electron chi connectivity index (χ0n) is 12.3. The van der Waals surface area contributed by atoms with Crippen molar-refractivity contribution in [2.45, 2.75) is 38.6 Å². The van der Waals surface area contributed by atoms with Crippen LogP contribution in [0.3, 0.4) is 0 Å². The summed E-state index contributed by atoms with van der Waals surface area (Å²) in [4.78, 5) is 0. The average molecular weight is 273 g/mol. The van der Waals surface area contributed by atoms with Crippen LogP contribution >= 0.6 is 0 Å². The number of hydrogen-bond acceptors (Lipinski definition) is 3. The molecule has 0 radical (unpaired) electrons. The van der Waals surface area contributed by atoms with Gasteiger partial charge in [-0.1, -0.05) is 6.92 Å². The normalized spacial score (nSPS) is 21.3. The summed E-state index contributed by atoms with van der Waals surface area (Å²) in [6.07, 6.45) is 7.50. The lowest BCUT2D eigenvalue weighted by Gasteiger charge is -2.02. The highest BCUT2D eigenvalue weighted by atomic mass is 16.3. The highest BCUT2D eigenvalue weighted by Crippen LogP contribution is 2.47. The Morgan fingerprint density at radius 2 is 2.30 bits per heavy atom. The van der Waals surface area contributed by atoms with Crippen molar-refractivity contribution in [3.8, 4) is 0 Å². The molecule has 1 aliphatic carbocycles. The molecule has 108 valence electrons. The van der Waals surface area contributed by atoms with Crippen molar-refractivity contribution in [3.05, 3.63) is 41.6 Å². The van der Waals surface area contributed by atoms with Crippen molar-refractivity contribution < 1.29 is 4.42 Å². The summed E-state index contributed by atoms with van der Waals surface area (Å²) in [6, 6.07) is 4.25. The molecule has 0 aromatic carbocycles. The average Bonchev–Trinajstić information content (AvgIpc) is 2.84. The van der Waals surface area contributed by atoms with Crippen molar-refractivity contribution in [1.82, 2.24) is 15.1 Å². The van der Waals surface area contributed by atoms with Crippen molar-refractivity contribution in [3.63, 3.8) is 0 Å². The van der Waals surface area contributed by atoms with Crippen LogP contribution in [-0.4, -0.2) is 16.3 Å². The zero-order valence-corrected chi connectivity index (χ0v) is 12.3. The van der Waals surface area contributed by atoms with Crippen LogP contribution in [0.15, 0.2) is 28.9 Å². The lowest BCUT2D eigenvalue weighted by molar-refractivity contribution is 0.443. The summed E-state index contributed by atoms with van der Waals surface area (Å²) in [5, 5.41) is 7.62. The highest BCUT2D eigenvalue weighted by Gasteiger charge is 2.36. The Labute approximate surface area is 120 Å². The van der Waals surface area contributed by atoms with Crippen LogP contribution in [0.4, 0.5) is 0 Å². The first-order valence-electron chi connectivity index (χ1n) is 7.49. The maximum atomic E-state index is 5.87. The van der Waals surface area contributed by atoms with E-state index in [4.69, 9.17) is 4.42 Å². The molecule has 3 rings (SSSR count). The minimum atomic E-state index is 0.675. The molecule has 1 saturated carbocycles. The van der Waals surface area contributed by atoms with E-state index in [2.05, 4.69) is 35.7 Å². The molecule has 4 heteroatoms. The van der Waals surface area contributed by atoms with E-state index in [0.717, 1.165) is 37.6 Å². The van der Waals surface area contributed by atoms with E-state index in [9.17, 15) is 0 Å². The van der Waals surface area contributed by atoms with Crippen molar-refractivity contribution in [2.75, 3.05) is 6.54 Å². The van der Waals surface area contributed by atoms with Gasteiger partial charge in [-0.2, -0.15) is 5.10 Å². The van der Waals surface area contributed by atoms with Gasteiger partial charge in [0, 0.05) is 19.2 Å². The van der Waals surface area contributed by atoms with Crippen molar-refractivity contribution in [2.24, 2.45) is 13.0 Å². The molecule has 2 unspecified atom stereocenters. The molecular weight excluding hydrogens is 250 g/mol. The maximum Gasteiger partial charge on any atom is 0.117 e. The fourth-order valence-corrected chi connectivity index (χ4v) is 2.64. The smallest absolute Gasteiger partial charge is 0.117 e. The quantitative estimate of drug-likeness (QED) is 0.789. The Kier molecular flexibility index (Phi) is 3.92. The van der Waals surface area contributed by atoms with Gasteiger partial charge in [0.25, 0.3) is 0 Å². The van der Waals surface area contributed by atoms with Crippen LogP contribution in [0.2, 0.25) is 0 Å². The van der Waals surface area contributed by atoms with Gasteiger partial charge in [0.15, 0.2) is 0 Å². The van der Waals surface area contributed by atoms with Gasteiger partial charge in [0.05, 0.1) is 12.7 Å². The minimum Gasteiger partial charge on any atom is -0.464 e. The molecule has 20 heavy (non-hydrogen) atoms. The Bertz CT molecular complexity index is 558. The Balaban J connectivity index is 1.34. The molecular formula is C16H23N3O. The van der Waals surface area contributed by atoms with E-state index < -0.39 is 0 Å². The number of nitrogens with zero attached hydrogens (tertiary/aromatic N) is 2. The third kappa shape index (κ3) is 3.31. The number of nitrogens with one attached hydrogen (secondary N) is 1. The monoisotopic (exact) mass is 273 g/mol. The fourth-order valence-electron chi connectivity index (χ4n) is 2.64. The van der Waals surface area contributed by atoms with Crippen LogP contribution in [-0.2, 0) is 20.0 Å². The summed E-state index contributed by atoms with van der Waals surface area (Å²) in [5.74, 6) is 3.71. The van der Waals surface area contributed by atoms with E-state index in [-0.39, 0.29) is 0 Å². The molecule has 0 aliphatic heterocycles. The fraction of sp³-hybridized carbons (Fsp3) is 0.562. The summed E-state index contributed by atoms with van der Waals surface area (Å²) in [7, 11) is 1.96. The molecule has 2 heterocycles. The lowest BCUT2D eigenvalue weighted by Crippen LogP contribution is -2.14. The number of aryl methyl sites for hydroxylation is 2. The predicted octanol–water partition coefficient (Wildman–Crippen LogP) is 2.86. The van der Waals surface area contributed by atoms with Gasteiger partial charge in [0.1, 0.15) is 11.5 Å². The molecule has 1 fully saturated rings. The Morgan fingerprint density at radius 1 is 1.45 bits per heavy atom. The third-order valence-corrected chi connectivity index (χ3v) is 4.03.